The predicted octanol–water partition coefficient (Wildman–Crippen LogP) is 1.94. The Bertz CT molecular complexity index is 260. The van der Waals surface area contributed by atoms with Crippen LogP contribution in [0.25, 0.3) is 0 Å². The molecule has 1 aliphatic carbocycles. The summed E-state index contributed by atoms with van der Waals surface area (Å²) >= 11 is 0. The molecule has 1 heteroatoms. The molecule has 0 aromatic heterocycles. The van der Waals surface area contributed by atoms with Crippen LogP contribution < -0.4 is 5.19 Å². The van der Waals surface area contributed by atoms with E-state index in [1.54, 1.807) is 0 Å². The Morgan fingerprint density at radius 1 is 1.17 bits per heavy atom. The minimum absolute atomic E-state index is 0.857. The van der Waals surface area contributed by atoms with E-state index >= 15 is 0 Å². The summed E-state index contributed by atoms with van der Waals surface area (Å²) in [5, 5.41) is 1.44. The van der Waals surface area contributed by atoms with Crippen LogP contribution in [0.1, 0.15) is 12.8 Å². The first-order valence-electron chi connectivity index (χ1n) is 4.43. The first-order valence-corrected chi connectivity index (χ1v) is 5.51. The lowest BCUT2D eigenvalue weighted by Crippen LogP contribution is -2.10. The Morgan fingerprint density at radius 3 is 2.58 bits per heavy atom. The number of rotatable bonds is 3. The van der Waals surface area contributed by atoms with Crippen molar-refractivity contribution in [2.45, 2.75) is 12.8 Å². The molecular weight excluding hydrogens is 160 g/mol. The highest BCUT2D eigenvalue weighted by atomic mass is 28.2. The van der Waals surface area contributed by atoms with Crippen LogP contribution in [0.15, 0.2) is 42.1 Å². The highest BCUT2D eigenvalue weighted by Crippen LogP contribution is 2.29. The Kier molecular flexibility index (Phi) is 2.42. The summed E-state index contributed by atoms with van der Waals surface area (Å²) in [6.07, 6.45) is 5.19. The van der Waals surface area contributed by atoms with E-state index < -0.39 is 0 Å². The van der Waals surface area contributed by atoms with Gasteiger partial charge in [-0.25, -0.2) is 0 Å². The summed E-state index contributed by atoms with van der Waals surface area (Å²) in [5.74, 6) is 0.918. The third-order valence-corrected chi connectivity index (χ3v) is 3.04. The quantitative estimate of drug-likeness (QED) is 0.611. The zero-order valence-electron chi connectivity index (χ0n) is 7.03. The van der Waals surface area contributed by atoms with Gasteiger partial charge >= 0.3 is 0 Å². The maximum Gasteiger partial charge on any atom is 0.111 e. The largest absolute Gasteiger partial charge is 0.111 e. The van der Waals surface area contributed by atoms with E-state index in [9.17, 15) is 0 Å². The second-order valence-corrected chi connectivity index (χ2v) is 4.41. The van der Waals surface area contributed by atoms with Gasteiger partial charge in [-0.05, 0) is 18.8 Å². The smallest absolute Gasteiger partial charge is 0.0970 e. The first-order chi connectivity index (χ1) is 5.95. The molecule has 0 nitrogen and oxygen atoms in total. The molecule has 1 aliphatic rings. The Balaban J connectivity index is 1.86. The van der Waals surface area contributed by atoms with Gasteiger partial charge in [0.2, 0.25) is 0 Å². The molecule has 1 fully saturated rings. The normalized spacial score (nSPS) is 17.0. The Morgan fingerprint density at radius 2 is 1.92 bits per heavy atom. The lowest BCUT2D eigenvalue weighted by molar-refractivity contribution is 1.13. The molecule has 0 aliphatic heterocycles. The topological polar surface area (TPSA) is 0 Å². The molecule has 0 N–H and O–H groups in total. The van der Waals surface area contributed by atoms with E-state index in [0.29, 0.717) is 0 Å². The average molecular weight is 172 g/mol. The van der Waals surface area contributed by atoms with Gasteiger partial charge in [0, 0.05) is 0 Å². The molecule has 0 heterocycles. The van der Waals surface area contributed by atoms with Gasteiger partial charge in [-0.3, -0.25) is 0 Å². The van der Waals surface area contributed by atoms with Crippen LogP contribution >= 0.6 is 0 Å². The zero-order chi connectivity index (χ0) is 8.23. The Labute approximate surface area is 76.1 Å². The fourth-order valence-corrected chi connectivity index (χ4v) is 2.05. The van der Waals surface area contributed by atoms with E-state index in [1.165, 1.54) is 18.0 Å². The molecule has 2 radical (unpaired) electrons. The number of benzene rings is 1. The van der Waals surface area contributed by atoms with E-state index in [4.69, 9.17) is 0 Å². The standard InChI is InChI=1S/C11H12Si/c1-2-4-11(5-3-1)12-9-8-10-6-7-10/h1-5,8-10H,6-7H2/b9-8+. The van der Waals surface area contributed by atoms with Crippen molar-refractivity contribution in [2.24, 2.45) is 5.92 Å². The van der Waals surface area contributed by atoms with Crippen LogP contribution in [-0.4, -0.2) is 9.52 Å². The monoisotopic (exact) mass is 172 g/mol. The summed E-state index contributed by atoms with van der Waals surface area (Å²) in [6, 6.07) is 10.7. The molecule has 0 bridgehead atoms. The highest BCUT2D eigenvalue weighted by molar-refractivity contribution is 6.58. The molecule has 1 saturated carbocycles. The summed E-state index contributed by atoms with van der Waals surface area (Å²) in [6.45, 7) is 0. The third kappa shape index (κ3) is 2.34. The summed E-state index contributed by atoms with van der Waals surface area (Å²) in [4.78, 5) is 0. The fraction of sp³-hybridized carbons (Fsp3) is 0.273. The third-order valence-electron chi connectivity index (χ3n) is 2.01. The summed E-state index contributed by atoms with van der Waals surface area (Å²) < 4.78 is 0. The first kappa shape index (κ1) is 7.81. The van der Waals surface area contributed by atoms with Gasteiger partial charge in [0.15, 0.2) is 0 Å². The average Bonchev–Trinajstić information content (AvgIpc) is 2.90. The lowest BCUT2D eigenvalue weighted by Gasteiger charge is -1.91. The molecule has 0 spiro atoms. The van der Waals surface area contributed by atoms with Crippen LogP contribution in [0, 0.1) is 5.92 Å². The van der Waals surface area contributed by atoms with E-state index in [1.807, 2.05) is 0 Å². The van der Waals surface area contributed by atoms with E-state index in [0.717, 1.165) is 15.4 Å². The van der Waals surface area contributed by atoms with Crippen LogP contribution in [0.3, 0.4) is 0 Å². The van der Waals surface area contributed by atoms with E-state index in [2.05, 4.69) is 42.1 Å². The predicted molar refractivity (Wildman–Crippen MR) is 53.7 cm³/mol. The minimum atomic E-state index is 0.857. The maximum absolute atomic E-state index is 2.37. The number of allylic oxidation sites excluding steroid dienone is 1. The zero-order valence-corrected chi connectivity index (χ0v) is 8.03. The van der Waals surface area contributed by atoms with Gasteiger partial charge in [-0.15, -0.1) is 0 Å². The molecule has 0 atom stereocenters. The molecule has 0 unspecified atom stereocenters. The highest BCUT2D eigenvalue weighted by Gasteiger charge is 2.16. The van der Waals surface area contributed by atoms with E-state index in [-0.39, 0.29) is 0 Å². The molecular formula is C11H12Si. The van der Waals surface area contributed by atoms with Crippen molar-refractivity contribution in [2.75, 3.05) is 0 Å². The SMILES string of the molecule is C(=C\C1CC1)/[Si]c1ccccc1. The van der Waals surface area contributed by atoms with Crippen molar-refractivity contribution in [3.8, 4) is 0 Å². The molecule has 0 amide bonds. The van der Waals surface area contributed by atoms with Crippen molar-refractivity contribution >= 4 is 14.7 Å². The minimum Gasteiger partial charge on any atom is -0.0970 e. The molecule has 60 valence electrons. The van der Waals surface area contributed by atoms with Crippen molar-refractivity contribution in [1.29, 1.82) is 0 Å². The van der Waals surface area contributed by atoms with Crippen LogP contribution in [-0.2, 0) is 0 Å². The van der Waals surface area contributed by atoms with Crippen molar-refractivity contribution in [1.82, 2.24) is 0 Å². The van der Waals surface area contributed by atoms with Crippen molar-refractivity contribution in [3.63, 3.8) is 0 Å². The number of hydrogen-bond acceptors (Lipinski definition) is 0. The number of hydrogen-bond donors (Lipinski definition) is 0. The molecule has 1 aromatic rings. The van der Waals surface area contributed by atoms with Gasteiger partial charge in [-0.2, -0.15) is 0 Å². The van der Waals surface area contributed by atoms with Gasteiger partial charge in [0.25, 0.3) is 0 Å². The van der Waals surface area contributed by atoms with Crippen molar-refractivity contribution < 1.29 is 0 Å². The fourth-order valence-electron chi connectivity index (χ4n) is 1.10. The second-order valence-electron chi connectivity index (χ2n) is 3.21. The molecule has 2 rings (SSSR count). The lowest BCUT2D eigenvalue weighted by atomic mass is 10.4. The van der Waals surface area contributed by atoms with Gasteiger partial charge in [0.1, 0.15) is 9.52 Å². The van der Waals surface area contributed by atoms with Gasteiger partial charge in [-0.1, -0.05) is 47.3 Å². The van der Waals surface area contributed by atoms with Gasteiger partial charge in [0.05, 0.1) is 0 Å². The second kappa shape index (κ2) is 3.72. The summed E-state index contributed by atoms with van der Waals surface area (Å²) in [7, 11) is 0.857. The van der Waals surface area contributed by atoms with Gasteiger partial charge < -0.3 is 0 Å². The maximum atomic E-state index is 2.37. The molecule has 12 heavy (non-hydrogen) atoms. The summed E-state index contributed by atoms with van der Waals surface area (Å²) in [5.41, 5.74) is 2.33. The van der Waals surface area contributed by atoms with Crippen LogP contribution in [0.5, 0.6) is 0 Å². The molecule has 1 aromatic carbocycles. The molecule has 0 saturated heterocycles. The van der Waals surface area contributed by atoms with Crippen LogP contribution in [0.4, 0.5) is 0 Å². The van der Waals surface area contributed by atoms with Crippen LogP contribution in [0.2, 0.25) is 0 Å². The Hall–Kier alpha value is -0.823. The van der Waals surface area contributed by atoms with Crippen molar-refractivity contribution in [3.05, 3.63) is 42.1 Å².